The van der Waals surface area contributed by atoms with E-state index in [0.29, 0.717) is 12.8 Å². The molecule has 0 radical (unpaired) electrons. The smallest absolute Gasteiger partial charge is 0.247 e. The summed E-state index contributed by atoms with van der Waals surface area (Å²) < 4.78 is 10.2. The summed E-state index contributed by atoms with van der Waals surface area (Å²) in [4.78, 5) is 24.2. The number of nitrogens with two attached hydrogens (primary N) is 2. The average Bonchev–Trinajstić information content (AvgIpc) is 3.01. The van der Waals surface area contributed by atoms with Gasteiger partial charge in [-0.15, -0.1) is 5.50 Å². The van der Waals surface area contributed by atoms with Crippen LogP contribution < -0.4 is 10.8 Å². The zero-order valence-corrected chi connectivity index (χ0v) is 31.0. The number of hydrogen-bond acceptors (Lipinski definition) is 6. The van der Waals surface area contributed by atoms with Crippen LogP contribution in [-0.2, 0) is 18.6 Å². The molecule has 0 aliphatic carbocycles. The minimum atomic E-state index is -3.49. The van der Waals surface area contributed by atoms with Gasteiger partial charge in [-0.2, -0.15) is 0 Å². The predicted molar refractivity (Wildman–Crippen MR) is 198 cm³/mol. The minimum absolute atomic E-state index is 0.235. The summed E-state index contributed by atoms with van der Waals surface area (Å²) in [5.41, 5.74) is 5.80. The summed E-state index contributed by atoms with van der Waals surface area (Å²) in [7, 11) is -3.49. The van der Waals surface area contributed by atoms with E-state index in [9.17, 15) is 9.59 Å². The van der Waals surface area contributed by atoms with Crippen LogP contribution in [0.3, 0.4) is 0 Å². The Kier molecular flexibility index (Phi) is 38.1. The first-order valence-electron chi connectivity index (χ1n) is 17.5. The van der Waals surface area contributed by atoms with Gasteiger partial charge in [0.05, 0.1) is 12.8 Å². The Hall–Kier alpha value is -1.17. The highest BCUT2D eigenvalue weighted by molar-refractivity contribution is 7.90. The van der Waals surface area contributed by atoms with E-state index in [1.54, 1.807) is 0 Å². The van der Waals surface area contributed by atoms with Gasteiger partial charge in [0.15, 0.2) is 11.2 Å². The molecule has 0 atom stereocenters. The Morgan fingerprint density at radius 2 is 0.800 bits per heavy atom. The maximum absolute atomic E-state index is 12.1. The molecule has 9 heteroatoms. The SMILES string of the molecule is CCCCC/C=C\C/C=C\CCCCCCCC(=O)O[P+](N)(Cl)OC(=O)CCCCCCC/C=C\C/C=C\CCCCC.NCl. The fourth-order valence-corrected chi connectivity index (χ4v) is 5.79. The van der Waals surface area contributed by atoms with Gasteiger partial charge in [-0.1, -0.05) is 127 Å². The van der Waals surface area contributed by atoms with Gasteiger partial charge in [-0.25, -0.2) is 23.9 Å². The highest BCUT2D eigenvalue weighted by atomic mass is 35.7. The van der Waals surface area contributed by atoms with Crippen LogP contribution >= 0.6 is 30.2 Å². The van der Waals surface area contributed by atoms with Crippen molar-refractivity contribution in [1.82, 2.24) is 0 Å². The van der Waals surface area contributed by atoms with Crippen molar-refractivity contribution in [2.24, 2.45) is 10.8 Å². The van der Waals surface area contributed by atoms with Gasteiger partial charge in [-0.3, -0.25) is 0 Å². The van der Waals surface area contributed by atoms with Crippen LogP contribution in [0.5, 0.6) is 0 Å². The molecule has 262 valence electrons. The molecular weight excluding hydrogens is 626 g/mol. The molecule has 0 aliphatic heterocycles. The Morgan fingerprint density at radius 1 is 0.511 bits per heavy atom. The molecule has 0 saturated carbocycles. The van der Waals surface area contributed by atoms with Crippen molar-refractivity contribution in [2.45, 2.75) is 168 Å². The normalized spacial score (nSPS) is 12.0. The number of rotatable bonds is 30. The quantitative estimate of drug-likeness (QED) is 0.0336. The lowest BCUT2D eigenvalue weighted by molar-refractivity contribution is -0.138. The summed E-state index contributed by atoms with van der Waals surface area (Å²) in [5, 5.41) is 3.97. The van der Waals surface area contributed by atoms with E-state index in [2.05, 4.69) is 79.5 Å². The Balaban J connectivity index is 0. The van der Waals surface area contributed by atoms with E-state index in [1.165, 1.54) is 51.4 Å². The van der Waals surface area contributed by atoms with E-state index in [-0.39, 0.29) is 12.8 Å². The van der Waals surface area contributed by atoms with E-state index < -0.39 is 19.2 Å². The first-order valence-corrected chi connectivity index (χ1v) is 20.6. The third-order valence-corrected chi connectivity index (χ3v) is 8.43. The van der Waals surface area contributed by atoms with Crippen LogP contribution in [0.25, 0.3) is 0 Å². The molecule has 0 saturated heterocycles. The predicted octanol–water partition coefficient (Wildman–Crippen LogP) is 12.7. The van der Waals surface area contributed by atoms with Crippen molar-refractivity contribution in [3.05, 3.63) is 48.6 Å². The lowest BCUT2D eigenvalue weighted by Crippen LogP contribution is -2.15. The van der Waals surface area contributed by atoms with Gasteiger partial charge in [0.2, 0.25) is 0 Å². The Labute approximate surface area is 287 Å². The zero-order valence-electron chi connectivity index (χ0n) is 28.6. The van der Waals surface area contributed by atoms with Crippen LogP contribution in [0.1, 0.15) is 168 Å². The minimum Gasteiger partial charge on any atom is -0.247 e. The van der Waals surface area contributed by atoms with E-state index >= 15 is 0 Å². The molecule has 4 N–H and O–H groups in total. The van der Waals surface area contributed by atoms with Gasteiger partial charge < -0.3 is 0 Å². The Bertz CT molecular complexity index is 727. The second kappa shape index (κ2) is 37.3. The van der Waals surface area contributed by atoms with Crippen molar-refractivity contribution in [2.75, 3.05) is 0 Å². The molecule has 0 amide bonds. The molecule has 0 unspecified atom stereocenters. The molecule has 0 rings (SSSR count). The van der Waals surface area contributed by atoms with Gasteiger partial charge >= 0.3 is 19.2 Å². The molecule has 45 heavy (non-hydrogen) atoms. The number of halogens is 2. The monoisotopic (exact) mass is 691 g/mol. The molecular formula is C36H66Cl2N2O4P+. The van der Waals surface area contributed by atoms with E-state index in [1.807, 2.05) is 0 Å². The maximum atomic E-state index is 12.1. The topological polar surface area (TPSA) is 105 Å². The van der Waals surface area contributed by atoms with Crippen molar-refractivity contribution in [3.63, 3.8) is 0 Å². The molecule has 0 heterocycles. The van der Waals surface area contributed by atoms with Crippen molar-refractivity contribution in [1.29, 1.82) is 0 Å². The fourth-order valence-electron chi connectivity index (χ4n) is 4.55. The molecule has 6 nitrogen and oxygen atoms in total. The summed E-state index contributed by atoms with van der Waals surface area (Å²) in [6.45, 7) is 4.46. The van der Waals surface area contributed by atoms with Crippen LogP contribution in [0.4, 0.5) is 0 Å². The summed E-state index contributed by atoms with van der Waals surface area (Å²) in [6, 6.07) is 0. The average molecular weight is 693 g/mol. The molecule has 0 aromatic rings. The third-order valence-electron chi connectivity index (χ3n) is 7.12. The lowest BCUT2D eigenvalue weighted by atomic mass is 10.1. The van der Waals surface area contributed by atoms with Crippen LogP contribution in [-0.4, -0.2) is 11.9 Å². The van der Waals surface area contributed by atoms with Gasteiger partial charge in [0.25, 0.3) is 0 Å². The van der Waals surface area contributed by atoms with Gasteiger partial charge in [0.1, 0.15) is 0 Å². The zero-order chi connectivity index (χ0) is 33.7. The van der Waals surface area contributed by atoms with Crippen molar-refractivity contribution < 1.29 is 18.6 Å². The second-order valence-corrected chi connectivity index (χ2v) is 14.2. The summed E-state index contributed by atoms with van der Waals surface area (Å²) >= 11 is 10.2. The number of hydrogen-bond donors (Lipinski definition) is 2. The highest BCUT2D eigenvalue weighted by Crippen LogP contribution is 2.59. The molecule has 0 bridgehead atoms. The number of unbranched alkanes of at least 4 members (excludes halogenated alkanes) is 16. The number of allylic oxidation sites excluding steroid dienone is 8. The highest BCUT2D eigenvalue weighted by Gasteiger charge is 2.43. The number of carbonyl (C=O) groups excluding carboxylic acids is 2. The summed E-state index contributed by atoms with van der Waals surface area (Å²) in [6.07, 6.45) is 43.0. The van der Waals surface area contributed by atoms with Crippen LogP contribution in [0.2, 0.25) is 0 Å². The first-order chi connectivity index (χ1) is 21.9. The van der Waals surface area contributed by atoms with Crippen molar-refractivity contribution in [3.8, 4) is 0 Å². The maximum Gasteiger partial charge on any atom is 0.545 e. The molecule has 0 fully saturated rings. The molecule has 0 spiro atoms. The number of carbonyl (C=O) groups is 2. The van der Waals surface area contributed by atoms with E-state index in [4.69, 9.17) is 25.8 Å². The van der Waals surface area contributed by atoms with Crippen LogP contribution in [0.15, 0.2) is 48.6 Å². The summed E-state index contributed by atoms with van der Waals surface area (Å²) in [5.74, 6) is -0.997. The van der Waals surface area contributed by atoms with Gasteiger partial charge in [-0.05, 0) is 88.8 Å². The fraction of sp³-hybridized carbons (Fsp3) is 0.722. The molecule has 0 aromatic carbocycles. The molecule has 0 aliphatic rings. The van der Waals surface area contributed by atoms with Crippen LogP contribution in [0, 0.1) is 0 Å². The van der Waals surface area contributed by atoms with Gasteiger partial charge in [0, 0.05) is 0 Å². The Morgan fingerprint density at radius 3 is 1.13 bits per heavy atom. The standard InChI is InChI=1S/C36H64ClNO4P.ClH2N/c1-3-5-7-9-11-13-15-17-19-21-23-25-27-29-31-33-35(39)41-43(37,38)42-36(40)34-32-30-28-26-24-22-20-18-16-14-12-10-8-6-4-2;1-2/h11-14,17-20H,3-10,15-16,21-34,38H2,1-2H3;2H2/q+1;/b13-11-,14-12-,19-17-,20-18-;. The van der Waals surface area contributed by atoms with E-state index in [0.717, 1.165) is 77.0 Å². The second-order valence-electron chi connectivity index (χ2n) is 11.4. The largest absolute Gasteiger partial charge is 0.545 e. The lowest BCUT2D eigenvalue weighted by Gasteiger charge is -2.10. The molecule has 0 aromatic heterocycles. The first kappa shape index (κ1) is 46.0. The third kappa shape index (κ3) is 38.9. The van der Waals surface area contributed by atoms with Crippen molar-refractivity contribution >= 4 is 42.2 Å².